The van der Waals surface area contributed by atoms with E-state index in [4.69, 9.17) is 11.6 Å². The van der Waals surface area contributed by atoms with Crippen LogP contribution in [0.15, 0.2) is 17.5 Å². The molecule has 2 heterocycles. The Hall–Kier alpha value is -0.140. The van der Waals surface area contributed by atoms with E-state index in [2.05, 4.69) is 0 Å². The molecule has 0 spiro atoms. The van der Waals surface area contributed by atoms with Gasteiger partial charge in [0.1, 0.15) is 0 Å². The Bertz CT molecular complexity index is 496. The number of halogens is 1. The van der Waals surface area contributed by atoms with Gasteiger partial charge in [0, 0.05) is 36.9 Å². The van der Waals surface area contributed by atoms with E-state index in [0.29, 0.717) is 38.0 Å². The summed E-state index contributed by atoms with van der Waals surface area (Å²) in [6.07, 6.45) is 1.72. The summed E-state index contributed by atoms with van der Waals surface area (Å²) in [5, 5.41) is 1.97. The van der Waals surface area contributed by atoms with Crippen LogP contribution in [-0.4, -0.2) is 42.5 Å². The minimum atomic E-state index is -3.35. The van der Waals surface area contributed by atoms with Gasteiger partial charge < -0.3 is 0 Å². The molecular formula is C13H21ClN2O2S2. The zero-order chi connectivity index (χ0) is 14.6. The third-order valence-corrected chi connectivity index (χ3v) is 7.06. The maximum Gasteiger partial charge on any atom is 0.282 e. The van der Waals surface area contributed by atoms with Gasteiger partial charge in [-0.2, -0.15) is 17.0 Å². The smallest absolute Gasteiger partial charge is 0.195 e. The predicted molar refractivity (Wildman–Crippen MR) is 84.3 cm³/mol. The fourth-order valence-corrected chi connectivity index (χ4v) is 5.13. The molecule has 0 N–H and O–H groups in total. The van der Waals surface area contributed by atoms with Crippen LogP contribution in [0.25, 0.3) is 0 Å². The number of alkyl halides is 1. The molecular weight excluding hydrogens is 316 g/mol. The monoisotopic (exact) mass is 336 g/mol. The predicted octanol–water partition coefficient (Wildman–Crippen LogP) is 2.77. The summed E-state index contributed by atoms with van der Waals surface area (Å²) in [6, 6.07) is 3.93. The van der Waals surface area contributed by atoms with Gasteiger partial charge in [-0.25, -0.2) is 0 Å². The number of nitrogens with zero attached hydrogens (tertiary/aromatic N) is 2. The van der Waals surface area contributed by atoms with E-state index in [0.717, 1.165) is 17.7 Å². The Labute approximate surface area is 130 Å². The molecule has 1 aromatic heterocycles. The number of piperidine rings is 1. The summed E-state index contributed by atoms with van der Waals surface area (Å²) in [7, 11) is -3.35. The van der Waals surface area contributed by atoms with E-state index in [1.165, 1.54) is 0 Å². The molecule has 0 aromatic carbocycles. The second kappa shape index (κ2) is 7.22. The van der Waals surface area contributed by atoms with Crippen molar-refractivity contribution in [2.75, 3.05) is 25.5 Å². The molecule has 20 heavy (non-hydrogen) atoms. The molecule has 1 fully saturated rings. The van der Waals surface area contributed by atoms with Crippen LogP contribution in [0.5, 0.6) is 0 Å². The highest BCUT2D eigenvalue weighted by atomic mass is 35.5. The van der Waals surface area contributed by atoms with Crippen LogP contribution >= 0.6 is 22.9 Å². The molecule has 0 aliphatic carbocycles. The lowest BCUT2D eigenvalue weighted by atomic mass is 10.0. The Morgan fingerprint density at radius 1 is 1.45 bits per heavy atom. The lowest BCUT2D eigenvalue weighted by Crippen LogP contribution is -2.46. The highest BCUT2D eigenvalue weighted by Crippen LogP contribution is 2.23. The number of hydrogen-bond acceptors (Lipinski definition) is 3. The quantitative estimate of drug-likeness (QED) is 0.749. The van der Waals surface area contributed by atoms with E-state index in [1.54, 1.807) is 19.9 Å². The third kappa shape index (κ3) is 3.74. The molecule has 1 aromatic rings. The summed E-state index contributed by atoms with van der Waals surface area (Å²) >= 11 is 7.44. The van der Waals surface area contributed by atoms with Gasteiger partial charge in [-0.05, 0) is 30.2 Å². The van der Waals surface area contributed by atoms with Crippen molar-refractivity contribution in [3.8, 4) is 0 Å². The zero-order valence-electron chi connectivity index (χ0n) is 11.7. The van der Waals surface area contributed by atoms with E-state index in [9.17, 15) is 8.42 Å². The summed E-state index contributed by atoms with van der Waals surface area (Å²) < 4.78 is 28.5. The van der Waals surface area contributed by atoms with Gasteiger partial charge in [0.2, 0.25) is 0 Å². The van der Waals surface area contributed by atoms with Crippen LogP contribution in [0, 0.1) is 5.92 Å². The maximum absolute atomic E-state index is 12.7. The van der Waals surface area contributed by atoms with Crippen LogP contribution in [0.2, 0.25) is 0 Å². The van der Waals surface area contributed by atoms with Crippen LogP contribution in [0.4, 0.5) is 0 Å². The first-order valence-electron chi connectivity index (χ1n) is 6.91. The third-order valence-electron chi connectivity index (χ3n) is 3.71. The largest absolute Gasteiger partial charge is 0.282 e. The molecule has 114 valence electrons. The fourth-order valence-electron chi connectivity index (χ4n) is 2.39. The van der Waals surface area contributed by atoms with E-state index in [1.807, 2.05) is 24.4 Å². The lowest BCUT2D eigenvalue weighted by molar-refractivity contribution is 0.266. The molecule has 0 bridgehead atoms. The first-order valence-corrected chi connectivity index (χ1v) is 9.72. The van der Waals surface area contributed by atoms with Gasteiger partial charge in [0.05, 0.1) is 0 Å². The van der Waals surface area contributed by atoms with Crippen LogP contribution in [-0.2, 0) is 16.8 Å². The number of rotatable bonds is 6. The fraction of sp³-hybridized carbons (Fsp3) is 0.692. The van der Waals surface area contributed by atoms with Gasteiger partial charge >= 0.3 is 0 Å². The van der Waals surface area contributed by atoms with Gasteiger partial charge in [-0.1, -0.05) is 13.0 Å². The van der Waals surface area contributed by atoms with Crippen molar-refractivity contribution < 1.29 is 8.42 Å². The molecule has 0 unspecified atom stereocenters. The molecule has 0 radical (unpaired) electrons. The van der Waals surface area contributed by atoms with Crippen molar-refractivity contribution in [3.63, 3.8) is 0 Å². The topological polar surface area (TPSA) is 40.6 Å². The Morgan fingerprint density at radius 2 is 2.15 bits per heavy atom. The molecule has 0 atom stereocenters. The van der Waals surface area contributed by atoms with Gasteiger partial charge in [-0.3, -0.25) is 0 Å². The SMILES string of the molecule is CCN(Cc1cccs1)S(=O)(=O)N1CCC(CCl)CC1. The van der Waals surface area contributed by atoms with Crippen molar-refractivity contribution in [1.29, 1.82) is 0 Å². The van der Waals surface area contributed by atoms with Crippen LogP contribution in [0.3, 0.4) is 0 Å². The van der Waals surface area contributed by atoms with Crippen molar-refractivity contribution in [1.82, 2.24) is 8.61 Å². The lowest BCUT2D eigenvalue weighted by Gasteiger charge is -2.34. The average molecular weight is 337 g/mol. The molecule has 1 aliphatic heterocycles. The highest BCUT2D eigenvalue weighted by Gasteiger charge is 2.32. The molecule has 2 rings (SSSR count). The van der Waals surface area contributed by atoms with E-state index in [-0.39, 0.29) is 0 Å². The zero-order valence-corrected chi connectivity index (χ0v) is 14.1. The van der Waals surface area contributed by atoms with Gasteiger partial charge in [-0.15, -0.1) is 22.9 Å². The Morgan fingerprint density at radius 3 is 2.65 bits per heavy atom. The van der Waals surface area contributed by atoms with Gasteiger partial charge in [0.25, 0.3) is 10.2 Å². The summed E-state index contributed by atoms with van der Waals surface area (Å²) in [5.41, 5.74) is 0. The molecule has 7 heteroatoms. The van der Waals surface area contributed by atoms with Crippen molar-refractivity contribution in [3.05, 3.63) is 22.4 Å². The second-order valence-electron chi connectivity index (χ2n) is 5.01. The van der Waals surface area contributed by atoms with Gasteiger partial charge in [0.15, 0.2) is 0 Å². The highest BCUT2D eigenvalue weighted by molar-refractivity contribution is 7.86. The molecule has 1 saturated heterocycles. The summed E-state index contributed by atoms with van der Waals surface area (Å²) in [5.74, 6) is 1.08. The average Bonchev–Trinajstić information content (AvgIpc) is 2.97. The summed E-state index contributed by atoms with van der Waals surface area (Å²) in [4.78, 5) is 1.08. The summed E-state index contributed by atoms with van der Waals surface area (Å²) in [6.45, 7) is 4.01. The van der Waals surface area contributed by atoms with Crippen molar-refractivity contribution in [2.45, 2.75) is 26.3 Å². The molecule has 1 aliphatic rings. The maximum atomic E-state index is 12.7. The van der Waals surface area contributed by atoms with E-state index < -0.39 is 10.2 Å². The number of hydrogen-bond donors (Lipinski definition) is 0. The van der Waals surface area contributed by atoms with Crippen LogP contribution in [0.1, 0.15) is 24.6 Å². The minimum absolute atomic E-state index is 0.454. The van der Waals surface area contributed by atoms with E-state index >= 15 is 0 Å². The molecule has 0 amide bonds. The number of thiophene rings is 1. The first kappa shape index (κ1) is 16.2. The normalized spacial score (nSPS) is 18.8. The first-order chi connectivity index (χ1) is 9.57. The van der Waals surface area contributed by atoms with Crippen molar-refractivity contribution in [2.24, 2.45) is 5.92 Å². The Balaban J connectivity index is 2.04. The minimum Gasteiger partial charge on any atom is -0.195 e. The standard InChI is InChI=1S/C13H21ClN2O2S2/c1-2-15(11-13-4-3-9-19-13)20(17,18)16-7-5-12(10-14)6-8-16/h3-4,9,12H,2,5-8,10-11H2,1H3. The second-order valence-corrected chi connectivity index (χ2v) is 8.28. The van der Waals surface area contributed by atoms with Crippen molar-refractivity contribution >= 4 is 33.1 Å². The molecule has 0 saturated carbocycles. The Kier molecular flexibility index (Phi) is 5.86. The van der Waals surface area contributed by atoms with Crippen LogP contribution < -0.4 is 0 Å². The molecule has 4 nitrogen and oxygen atoms in total.